The van der Waals surface area contributed by atoms with Gasteiger partial charge in [-0.2, -0.15) is 0 Å². The summed E-state index contributed by atoms with van der Waals surface area (Å²) in [6.45, 7) is 0.194. The topological polar surface area (TPSA) is 71.0 Å². The highest BCUT2D eigenvalue weighted by molar-refractivity contribution is 5.76. The molecular weight excluding hydrogens is 280 g/mol. The van der Waals surface area contributed by atoms with E-state index in [2.05, 4.69) is 9.97 Å². The van der Waals surface area contributed by atoms with E-state index in [1.807, 2.05) is 31.1 Å². The number of H-pyrrole nitrogens is 1. The second-order valence-electron chi connectivity index (χ2n) is 5.29. The first-order valence-electron chi connectivity index (χ1n) is 6.90. The van der Waals surface area contributed by atoms with Crippen LogP contribution in [0.5, 0.6) is 0 Å². The molecule has 22 heavy (non-hydrogen) atoms. The van der Waals surface area contributed by atoms with Gasteiger partial charge in [-0.1, -0.05) is 18.2 Å². The molecule has 1 N–H and O–H groups in total. The third-order valence-electron chi connectivity index (χ3n) is 3.50. The summed E-state index contributed by atoms with van der Waals surface area (Å²) in [6.07, 6.45) is 1.68. The van der Waals surface area contributed by atoms with E-state index in [4.69, 9.17) is 0 Å². The van der Waals surface area contributed by atoms with Crippen molar-refractivity contribution in [2.45, 2.75) is 6.54 Å². The van der Waals surface area contributed by atoms with Crippen LogP contribution in [0.25, 0.3) is 10.9 Å². The van der Waals surface area contributed by atoms with Crippen LogP contribution >= 0.6 is 0 Å². The van der Waals surface area contributed by atoms with Gasteiger partial charge in [0.1, 0.15) is 5.82 Å². The van der Waals surface area contributed by atoms with E-state index in [0.29, 0.717) is 10.9 Å². The minimum atomic E-state index is -0.416. The van der Waals surface area contributed by atoms with Gasteiger partial charge < -0.3 is 9.88 Å². The molecular formula is C16H16N4O2. The molecule has 0 aliphatic carbocycles. The van der Waals surface area contributed by atoms with E-state index in [1.165, 1.54) is 4.57 Å². The van der Waals surface area contributed by atoms with Crippen LogP contribution in [0.1, 0.15) is 5.56 Å². The van der Waals surface area contributed by atoms with Crippen molar-refractivity contribution in [3.63, 3.8) is 0 Å². The fourth-order valence-electron chi connectivity index (χ4n) is 2.30. The smallest absolute Gasteiger partial charge is 0.329 e. The molecule has 112 valence electrons. The van der Waals surface area contributed by atoms with Crippen LogP contribution in [0.3, 0.4) is 0 Å². The van der Waals surface area contributed by atoms with Crippen molar-refractivity contribution in [3.05, 3.63) is 69.0 Å². The summed E-state index contributed by atoms with van der Waals surface area (Å²) in [5.41, 5.74) is 0.639. The zero-order valence-electron chi connectivity index (χ0n) is 12.4. The molecule has 6 heteroatoms. The van der Waals surface area contributed by atoms with Gasteiger partial charge in [-0.15, -0.1) is 0 Å². The van der Waals surface area contributed by atoms with Gasteiger partial charge in [0, 0.05) is 20.3 Å². The highest BCUT2D eigenvalue weighted by atomic mass is 16.2. The number of nitrogens with zero attached hydrogens (tertiary/aromatic N) is 3. The Labute approximate surface area is 126 Å². The van der Waals surface area contributed by atoms with Crippen LogP contribution in [-0.2, 0) is 6.54 Å². The lowest BCUT2D eigenvalue weighted by molar-refractivity contribution is 0.709. The quantitative estimate of drug-likeness (QED) is 0.788. The summed E-state index contributed by atoms with van der Waals surface area (Å²) in [5, 5.41) is 0.500. The Kier molecular flexibility index (Phi) is 3.50. The Morgan fingerprint density at radius 3 is 2.59 bits per heavy atom. The van der Waals surface area contributed by atoms with Crippen molar-refractivity contribution in [2.75, 3.05) is 19.0 Å². The van der Waals surface area contributed by atoms with Gasteiger partial charge in [-0.3, -0.25) is 9.36 Å². The molecule has 0 radical (unpaired) electrons. The van der Waals surface area contributed by atoms with Gasteiger partial charge in [0.2, 0.25) is 0 Å². The monoisotopic (exact) mass is 296 g/mol. The number of benzene rings is 1. The zero-order chi connectivity index (χ0) is 15.7. The Hall–Kier alpha value is -2.89. The van der Waals surface area contributed by atoms with Gasteiger partial charge in [0.25, 0.3) is 5.56 Å². The lowest BCUT2D eigenvalue weighted by atomic mass is 10.2. The average molecular weight is 296 g/mol. The van der Waals surface area contributed by atoms with Crippen LogP contribution < -0.4 is 16.1 Å². The highest BCUT2D eigenvalue weighted by Crippen LogP contribution is 2.09. The number of anilines is 1. The number of para-hydroxylation sites is 1. The molecule has 0 saturated carbocycles. The molecule has 0 fully saturated rings. The van der Waals surface area contributed by atoms with Crippen LogP contribution in [0.4, 0.5) is 5.82 Å². The van der Waals surface area contributed by atoms with Crippen molar-refractivity contribution in [3.8, 4) is 0 Å². The first-order chi connectivity index (χ1) is 10.6. The minimum absolute atomic E-state index is 0.194. The van der Waals surface area contributed by atoms with E-state index in [1.54, 1.807) is 30.5 Å². The standard InChI is InChI=1S/C16H16N4O2/c1-19(2)14-8-7-11(9-17-14)10-20-15(21)12-5-3-4-6-13(12)18-16(20)22/h3-9H,10H2,1-2H3,(H,18,22). The predicted octanol–water partition coefficient (Wildman–Crippen LogP) is 1.20. The molecule has 2 aromatic heterocycles. The fourth-order valence-corrected chi connectivity index (χ4v) is 2.30. The molecule has 0 aliphatic rings. The van der Waals surface area contributed by atoms with Gasteiger partial charge >= 0.3 is 5.69 Å². The third-order valence-corrected chi connectivity index (χ3v) is 3.50. The Morgan fingerprint density at radius 2 is 1.91 bits per heavy atom. The number of nitrogens with one attached hydrogen (secondary N) is 1. The molecule has 3 rings (SSSR count). The van der Waals surface area contributed by atoms with E-state index in [0.717, 1.165) is 11.4 Å². The number of hydrogen-bond donors (Lipinski definition) is 1. The molecule has 0 aliphatic heterocycles. The summed E-state index contributed by atoms with van der Waals surface area (Å²) < 4.78 is 1.19. The second kappa shape index (κ2) is 5.48. The molecule has 0 atom stereocenters. The number of pyridine rings is 1. The second-order valence-corrected chi connectivity index (χ2v) is 5.29. The van der Waals surface area contributed by atoms with E-state index in [9.17, 15) is 9.59 Å². The van der Waals surface area contributed by atoms with Crippen LogP contribution in [0.15, 0.2) is 52.2 Å². The SMILES string of the molecule is CN(C)c1ccc(Cn2c(=O)[nH]c3ccccc3c2=O)cn1. The maximum atomic E-state index is 12.4. The highest BCUT2D eigenvalue weighted by Gasteiger charge is 2.08. The molecule has 0 spiro atoms. The molecule has 2 heterocycles. The number of aromatic amines is 1. The Balaban J connectivity index is 2.04. The molecule has 0 amide bonds. The number of rotatable bonds is 3. The van der Waals surface area contributed by atoms with Crippen LogP contribution in [0.2, 0.25) is 0 Å². The van der Waals surface area contributed by atoms with Crippen LogP contribution in [0, 0.1) is 0 Å². The van der Waals surface area contributed by atoms with Crippen molar-refractivity contribution in [1.29, 1.82) is 0 Å². The number of aromatic nitrogens is 3. The van der Waals surface area contributed by atoms with Gasteiger partial charge in [-0.25, -0.2) is 9.78 Å². The van der Waals surface area contributed by atoms with E-state index < -0.39 is 5.69 Å². The van der Waals surface area contributed by atoms with E-state index >= 15 is 0 Å². The van der Waals surface area contributed by atoms with Crippen LogP contribution in [-0.4, -0.2) is 28.6 Å². The predicted molar refractivity (Wildman–Crippen MR) is 86.5 cm³/mol. The number of fused-ring (bicyclic) bond motifs is 1. The maximum absolute atomic E-state index is 12.4. The zero-order valence-corrected chi connectivity index (χ0v) is 12.4. The first kappa shape index (κ1) is 14.1. The molecule has 3 aromatic rings. The molecule has 0 saturated heterocycles. The van der Waals surface area contributed by atoms with Crippen molar-refractivity contribution in [1.82, 2.24) is 14.5 Å². The van der Waals surface area contributed by atoms with Crippen molar-refractivity contribution in [2.24, 2.45) is 0 Å². The van der Waals surface area contributed by atoms with Crippen molar-refractivity contribution >= 4 is 16.7 Å². The lowest BCUT2D eigenvalue weighted by Gasteiger charge is -2.11. The summed E-state index contributed by atoms with van der Waals surface area (Å²) in [6, 6.07) is 10.7. The average Bonchev–Trinajstić information content (AvgIpc) is 2.52. The van der Waals surface area contributed by atoms with E-state index in [-0.39, 0.29) is 12.1 Å². The normalized spacial score (nSPS) is 10.8. The molecule has 0 bridgehead atoms. The number of hydrogen-bond acceptors (Lipinski definition) is 4. The summed E-state index contributed by atoms with van der Waals surface area (Å²) >= 11 is 0. The molecule has 0 unspecified atom stereocenters. The van der Waals surface area contributed by atoms with Crippen molar-refractivity contribution < 1.29 is 0 Å². The first-order valence-corrected chi connectivity index (χ1v) is 6.90. The maximum Gasteiger partial charge on any atom is 0.329 e. The third kappa shape index (κ3) is 2.50. The minimum Gasteiger partial charge on any atom is -0.363 e. The summed E-state index contributed by atoms with van der Waals surface area (Å²) in [4.78, 5) is 33.5. The Bertz CT molecular complexity index is 923. The molecule has 6 nitrogen and oxygen atoms in total. The lowest BCUT2D eigenvalue weighted by Crippen LogP contribution is -2.35. The molecule has 1 aromatic carbocycles. The van der Waals surface area contributed by atoms with Gasteiger partial charge in [0.05, 0.1) is 17.4 Å². The summed E-state index contributed by atoms with van der Waals surface area (Å²) in [5.74, 6) is 0.823. The van der Waals surface area contributed by atoms with Gasteiger partial charge in [0.15, 0.2) is 0 Å². The largest absolute Gasteiger partial charge is 0.363 e. The summed E-state index contributed by atoms with van der Waals surface area (Å²) in [7, 11) is 3.81. The Morgan fingerprint density at radius 1 is 1.14 bits per heavy atom. The van der Waals surface area contributed by atoms with Gasteiger partial charge in [-0.05, 0) is 23.8 Å². The fraction of sp³-hybridized carbons (Fsp3) is 0.188.